The Morgan fingerprint density at radius 1 is 1.47 bits per heavy atom. The molecule has 19 heavy (non-hydrogen) atoms. The lowest BCUT2D eigenvalue weighted by Crippen LogP contribution is -2.43. The molecule has 0 spiro atoms. The maximum Gasteiger partial charge on any atom is 0.340 e. The number of ether oxygens (including phenoxy) is 1. The van der Waals surface area contributed by atoms with Crippen LogP contribution in [0, 0.1) is 11.7 Å². The standard InChI is InChI=1S/C13H15FN2O3/c1-19-13(18)10-5-9(14)2-3-11(10)16-12(17)4-8-6-15-7-8/h2-3,5,8,15H,4,6-7H2,1H3,(H,16,17). The smallest absolute Gasteiger partial charge is 0.340 e. The second-order valence-corrected chi connectivity index (χ2v) is 4.46. The number of carbonyl (C=O) groups is 2. The molecule has 0 atom stereocenters. The van der Waals surface area contributed by atoms with Crippen molar-refractivity contribution in [1.29, 1.82) is 0 Å². The van der Waals surface area contributed by atoms with Crippen LogP contribution in [0.5, 0.6) is 0 Å². The first kappa shape index (κ1) is 13.5. The average Bonchev–Trinajstić information content (AvgIpc) is 2.35. The van der Waals surface area contributed by atoms with Crippen molar-refractivity contribution >= 4 is 17.6 Å². The summed E-state index contributed by atoms with van der Waals surface area (Å²) in [5.74, 6) is -1.10. The van der Waals surface area contributed by atoms with E-state index < -0.39 is 11.8 Å². The van der Waals surface area contributed by atoms with E-state index in [-0.39, 0.29) is 17.2 Å². The number of rotatable bonds is 4. The molecular weight excluding hydrogens is 251 g/mol. The molecule has 0 radical (unpaired) electrons. The molecule has 1 aromatic carbocycles. The van der Waals surface area contributed by atoms with Crippen LogP contribution in [0.4, 0.5) is 10.1 Å². The van der Waals surface area contributed by atoms with E-state index >= 15 is 0 Å². The number of esters is 1. The summed E-state index contributed by atoms with van der Waals surface area (Å²) in [6.45, 7) is 1.64. The molecule has 0 aliphatic carbocycles. The Balaban J connectivity index is 2.09. The van der Waals surface area contributed by atoms with Gasteiger partial charge in [0.15, 0.2) is 0 Å². The van der Waals surface area contributed by atoms with Gasteiger partial charge in [0.05, 0.1) is 18.4 Å². The van der Waals surface area contributed by atoms with Gasteiger partial charge in [0.25, 0.3) is 0 Å². The van der Waals surface area contributed by atoms with Gasteiger partial charge in [-0.05, 0) is 37.2 Å². The lowest BCUT2D eigenvalue weighted by atomic mass is 9.99. The third kappa shape index (κ3) is 3.29. The van der Waals surface area contributed by atoms with Crippen LogP contribution in [-0.4, -0.2) is 32.1 Å². The molecular formula is C13H15FN2O3. The SMILES string of the molecule is COC(=O)c1cc(F)ccc1NC(=O)CC1CNC1. The number of methoxy groups -OCH3 is 1. The first-order chi connectivity index (χ1) is 9.10. The molecule has 0 saturated carbocycles. The van der Waals surface area contributed by atoms with Gasteiger partial charge in [-0.3, -0.25) is 4.79 Å². The Bertz CT molecular complexity index is 501. The van der Waals surface area contributed by atoms with Crippen molar-refractivity contribution in [2.45, 2.75) is 6.42 Å². The predicted molar refractivity (Wildman–Crippen MR) is 67.3 cm³/mol. The minimum absolute atomic E-state index is 0.0163. The maximum atomic E-state index is 13.1. The predicted octanol–water partition coefficient (Wildman–Crippen LogP) is 1.16. The number of hydrogen-bond acceptors (Lipinski definition) is 4. The van der Waals surface area contributed by atoms with E-state index in [9.17, 15) is 14.0 Å². The van der Waals surface area contributed by atoms with Crippen molar-refractivity contribution in [1.82, 2.24) is 5.32 Å². The molecule has 1 fully saturated rings. The minimum atomic E-state index is -0.680. The van der Waals surface area contributed by atoms with E-state index in [2.05, 4.69) is 15.4 Å². The van der Waals surface area contributed by atoms with Crippen LogP contribution in [-0.2, 0) is 9.53 Å². The number of amides is 1. The molecule has 102 valence electrons. The Labute approximate surface area is 110 Å². The third-order valence-electron chi connectivity index (χ3n) is 3.00. The average molecular weight is 266 g/mol. The molecule has 2 N–H and O–H groups in total. The summed E-state index contributed by atoms with van der Waals surface area (Å²) < 4.78 is 17.7. The van der Waals surface area contributed by atoms with Crippen LogP contribution in [0.25, 0.3) is 0 Å². The third-order valence-corrected chi connectivity index (χ3v) is 3.00. The summed E-state index contributed by atoms with van der Waals surface area (Å²) in [6, 6.07) is 3.60. The molecule has 1 amide bonds. The molecule has 1 heterocycles. The summed E-state index contributed by atoms with van der Waals surface area (Å²) in [4.78, 5) is 23.3. The van der Waals surface area contributed by atoms with Crippen molar-refractivity contribution in [3.05, 3.63) is 29.6 Å². The van der Waals surface area contributed by atoms with E-state index in [0.29, 0.717) is 12.3 Å². The molecule has 2 rings (SSSR count). The number of nitrogens with one attached hydrogen (secondary N) is 2. The van der Waals surface area contributed by atoms with Crippen LogP contribution in [0.1, 0.15) is 16.8 Å². The van der Waals surface area contributed by atoms with Gasteiger partial charge in [-0.25, -0.2) is 9.18 Å². The molecule has 0 bridgehead atoms. The second kappa shape index (κ2) is 5.79. The molecule has 1 aliphatic heterocycles. The van der Waals surface area contributed by atoms with Crippen LogP contribution in [0.15, 0.2) is 18.2 Å². The zero-order valence-electron chi connectivity index (χ0n) is 10.5. The van der Waals surface area contributed by atoms with Gasteiger partial charge in [-0.1, -0.05) is 0 Å². The summed E-state index contributed by atoms with van der Waals surface area (Å²) in [5, 5.41) is 5.69. The van der Waals surface area contributed by atoms with E-state index in [1.165, 1.54) is 19.2 Å². The highest BCUT2D eigenvalue weighted by Gasteiger charge is 2.21. The van der Waals surface area contributed by atoms with Crippen LogP contribution >= 0.6 is 0 Å². The Morgan fingerprint density at radius 3 is 2.79 bits per heavy atom. The molecule has 5 nitrogen and oxygen atoms in total. The molecule has 1 aromatic rings. The first-order valence-electron chi connectivity index (χ1n) is 5.98. The molecule has 1 saturated heterocycles. The number of anilines is 1. The Hall–Kier alpha value is -1.95. The number of carbonyl (C=O) groups excluding carboxylic acids is 2. The monoisotopic (exact) mass is 266 g/mol. The van der Waals surface area contributed by atoms with E-state index in [1.807, 2.05) is 0 Å². The summed E-state index contributed by atoms with van der Waals surface area (Å²) in [6.07, 6.45) is 0.380. The van der Waals surface area contributed by atoms with Gasteiger partial charge in [-0.15, -0.1) is 0 Å². The lowest BCUT2D eigenvalue weighted by molar-refractivity contribution is -0.117. The summed E-state index contributed by atoms with van der Waals surface area (Å²) >= 11 is 0. The van der Waals surface area contributed by atoms with Gasteiger partial charge in [0.1, 0.15) is 5.82 Å². The Morgan fingerprint density at radius 2 is 2.21 bits per heavy atom. The van der Waals surface area contributed by atoms with Crippen molar-refractivity contribution in [3.63, 3.8) is 0 Å². The zero-order valence-corrected chi connectivity index (χ0v) is 10.5. The first-order valence-corrected chi connectivity index (χ1v) is 5.98. The van der Waals surface area contributed by atoms with Crippen LogP contribution < -0.4 is 10.6 Å². The quantitative estimate of drug-likeness (QED) is 0.802. The van der Waals surface area contributed by atoms with E-state index in [0.717, 1.165) is 19.2 Å². The summed E-state index contributed by atoms with van der Waals surface area (Å²) in [7, 11) is 1.21. The Kier molecular flexibility index (Phi) is 4.11. The summed E-state index contributed by atoms with van der Waals surface area (Å²) in [5.41, 5.74) is 0.285. The normalized spacial score (nSPS) is 14.6. The van der Waals surface area contributed by atoms with E-state index in [1.54, 1.807) is 0 Å². The van der Waals surface area contributed by atoms with E-state index in [4.69, 9.17) is 0 Å². The van der Waals surface area contributed by atoms with Crippen LogP contribution in [0.3, 0.4) is 0 Å². The maximum absolute atomic E-state index is 13.1. The highest BCUT2D eigenvalue weighted by atomic mass is 19.1. The minimum Gasteiger partial charge on any atom is -0.465 e. The van der Waals surface area contributed by atoms with Crippen molar-refractivity contribution < 1.29 is 18.7 Å². The lowest BCUT2D eigenvalue weighted by Gasteiger charge is -2.26. The van der Waals surface area contributed by atoms with Crippen LogP contribution in [0.2, 0.25) is 0 Å². The fourth-order valence-electron chi connectivity index (χ4n) is 1.86. The fraction of sp³-hybridized carbons (Fsp3) is 0.385. The topological polar surface area (TPSA) is 67.4 Å². The zero-order chi connectivity index (χ0) is 13.8. The van der Waals surface area contributed by atoms with Crippen molar-refractivity contribution in [2.75, 3.05) is 25.5 Å². The van der Waals surface area contributed by atoms with Gasteiger partial charge >= 0.3 is 5.97 Å². The fourth-order valence-corrected chi connectivity index (χ4v) is 1.86. The van der Waals surface area contributed by atoms with Gasteiger partial charge < -0.3 is 15.4 Å². The van der Waals surface area contributed by atoms with Crippen molar-refractivity contribution in [3.8, 4) is 0 Å². The number of hydrogen-bond donors (Lipinski definition) is 2. The largest absolute Gasteiger partial charge is 0.465 e. The molecule has 6 heteroatoms. The van der Waals surface area contributed by atoms with Crippen molar-refractivity contribution in [2.24, 2.45) is 5.92 Å². The highest BCUT2D eigenvalue weighted by molar-refractivity contribution is 6.01. The molecule has 1 aliphatic rings. The highest BCUT2D eigenvalue weighted by Crippen LogP contribution is 2.19. The number of halogens is 1. The molecule has 0 aromatic heterocycles. The van der Waals surface area contributed by atoms with Gasteiger partial charge in [0, 0.05) is 6.42 Å². The number of benzene rings is 1. The van der Waals surface area contributed by atoms with Gasteiger partial charge in [-0.2, -0.15) is 0 Å². The van der Waals surface area contributed by atoms with Gasteiger partial charge in [0.2, 0.25) is 5.91 Å². The second-order valence-electron chi connectivity index (χ2n) is 4.46. The molecule has 0 unspecified atom stereocenters.